The number of nitrogens with zero attached hydrogens (tertiary/aromatic N) is 1. The number of allylic oxidation sites excluding steroid dienone is 1. The van der Waals surface area contributed by atoms with Crippen LogP contribution in [0, 0.1) is 10.1 Å². The minimum Gasteiger partial charge on any atom is -0.258 e. The lowest BCUT2D eigenvalue weighted by atomic mass is 10.1. The van der Waals surface area contributed by atoms with Gasteiger partial charge in [0.25, 0.3) is 5.69 Å². The molecule has 0 unspecified atom stereocenters. The summed E-state index contributed by atoms with van der Waals surface area (Å²) < 4.78 is 0. The maximum absolute atomic E-state index is 10.7. The zero-order valence-electron chi connectivity index (χ0n) is 7.17. The van der Waals surface area contributed by atoms with Gasteiger partial charge in [0.15, 0.2) is 0 Å². The van der Waals surface area contributed by atoms with Crippen LogP contribution >= 0.6 is 27.5 Å². The lowest BCUT2D eigenvalue weighted by molar-refractivity contribution is -0.385. The summed E-state index contributed by atoms with van der Waals surface area (Å²) in [7, 11) is 0. The van der Waals surface area contributed by atoms with Crippen molar-refractivity contribution in [3.05, 3.63) is 45.5 Å². The van der Waals surface area contributed by atoms with E-state index in [1.54, 1.807) is 12.1 Å². The third-order valence-corrected chi connectivity index (χ3v) is 2.70. The van der Waals surface area contributed by atoms with Crippen LogP contribution in [-0.2, 0) is 0 Å². The van der Waals surface area contributed by atoms with E-state index < -0.39 is 4.92 Å². The standard InChI is InChI=1S/C9H7BrClNO2/c1-6(5-10)9-7(11)3-2-4-8(9)12(13)14/h2-4H,1,5H2. The van der Waals surface area contributed by atoms with Crippen molar-refractivity contribution in [1.82, 2.24) is 0 Å². The Bertz CT molecular complexity index is 392. The Labute approximate surface area is 94.7 Å². The smallest absolute Gasteiger partial charge is 0.258 e. The van der Waals surface area contributed by atoms with Crippen molar-refractivity contribution in [3.63, 3.8) is 0 Å². The first-order chi connectivity index (χ1) is 6.57. The lowest BCUT2D eigenvalue weighted by Crippen LogP contribution is -1.95. The van der Waals surface area contributed by atoms with Gasteiger partial charge in [-0.05, 0) is 11.6 Å². The molecule has 74 valence electrons. The molecule has 0 saturated carbocycles. The van der Waals surface area contributed by atoms with Crippen molar-refractivity contribution in [1.29, 1.82) is 0 Å². The maximum atomic E-state index is 10.7. The first kappa shape index (κ1) is 11.2. The number of nitro groups is 1. The molecule has 0 aromatic heterocycles. The summed E-state index contributed by atoms with van der Waals surface area (Å²) in [6.07, 6.45) is 0. The number of halogens is 2. The molecule has 1 rings (SSSR count). The van der Waals surface area contributed by atoms with Crippen LogP contribution in [0.2, 0.25) is 5.02 Å². The Morgan fingerprint density at radius 3 is 2.79 bits per heavy atom. The van der Waals surface area contributed by atoms with Gasteiger partial charge in [0.05, 0.1) is 15.5 Å². The molecule has 0 atom stereocenters. The van der Waals surface area contributed by atoms with E-state index in [-0.39, 0.29) is 5.69 Å². The summed E-state index contributed by atoms with van der Waals surface area (Å²) in [5, 5.41) is 11.5. The van der Waals surface area contributed by atoms with Gasteiger partial charge in [-0.1, -0.05) is 40.2 Å². The molecule has 0 heterocycles. The van der Waals surface area contributed by atoms with Gasteiger partial charge in [-0.25, -0.2) is 0 Å². The van der Waals surface area contributed by atoms with E-state index in [0.29, 0.717) is 21.5 Å². The fraction of sp³-hybridized carbons (Fsp3) is 0.111. The molecule has 5 heteroatoms. The van der Waals surface area contributed by atoms with Crippen molar-refractivity contribution in [2.24, 2.45) is 0 Å². The largest absolute Gasteiger partial charge is 0.278 e. The Morgan fingerprint density at radius 2 is 2.29 bits per heavy atom. The third kappa shape index (κ3) is 2.13. The van der Waals surface area contributed by atoms with Gasteiger partial charge < -0.3 is 0 Å². The summed E-state index contributed by atoms with van der Waals surface area (Å²) in [6, 6.07) is 4.57. The van der Waals surface area contributed by atoms with E-state index in [1.807, 2.05) is 0 Å². The molecule has 0 bridgehead atoms. The van der Waals surface area contributed by atoms with Crippen molar-refractivity contribution < 1.29 is 4.92 Å². The molecular formula is C9H7BrClNO2. The minimum absolute atomic E-state index is 0.0121. The summed E-state index contributed by atoms with van der Waals surface area (Å²) >= 11 is 9.05. The Balaban J connectivity index is 3.36. The molecule has 0 aliphatic carbocycles. The van der Waals surface area contributed by atoms with E-state index in [9.17, 15) is 10.1 Å². The Morgan fingerprint density at radius 1 is 1.64 bits per heavy atom. The average molecular weight is 277 g/mol. The molecule has 0 amide bonds. The highest BCUT2D eigenvalue weighted by Gasteiger charge is 2.17. The molecule has 3 nitrogen and oxygen atoms in total. The van der Waals surface area contributed by atoms with Crippen LogP contribution in [0.5, 0.6) is 0 Å². The molecule has 0 aliphatic rings. The van der Waals surface area contributed by atoms with Gasteiger partial charge in [0, 0.05) is 11.4 Å². The van der Waals surface area contributed by atoms with Crippen LogP contribution < -0.4 is 0 Å². The van der Waals surface area contributed by atoms with Crippen LogP contribution in [0.1, 0.15) is 5.56 Å². The molecular weight excluding hydrogens is 269 g/mol. The highest BCUT2D eigenvalue weighted by molar-refractivity contribution is 9.09. The van der Waals surface area contributed by atoms with Crippen LogP contribution in [0.4, 0.5) is 5.69 Å². The molecule has 1 aromatic carbocycles. The number of alkyl halides is 1. The minimum atomic E-state index is -0.463. The number of hydrogen-bond acceptors (Lipinski definition) is 2. The lowest BCUT2D eigenvalue weighted by Gasteiger charge is -2.05. The molecule has 0 N–H and O–H groups in total. The van der Waals surface area contributed by atoms with Gasteiger partial charge in [-0.15, -0.1) is 0 Å². The summed E-state index contributed by atoms with van der Waals surface area (Å²) in [4.78, 5) is 10.2. The van der Waals surface area contributed by atoms with Gasteiger partial charge in [-0.3, -0.25) is 10.1 Å². The van der Waals surface area contributed by atoms with E-state index in [4.69, 9.17) is 11.6 Å². The molecule has 0 aliphatic heterocycles. The maximum Gasteiger partial charge on any atom is 0.278 e. The van der Waals surface area contributed by atoms with Crippen molar-refractivity contribution in [2.45, 2.75) is 0 Å². The zero-order valence-corrected chi connectivity index (χ0v) is 9.51. The second kappa shape index (κ2) is 4.57. The number of hydrogen-bond donors (Lipinski definition) is 0. The second-order valence-electron chi connectivity index (χ2n) is 2.63. The van der Waals surface area contributed by atoms with E-state index in [0.717, 1.165) is 0 Å². The number of benzene rings is 1. The highest BCUT2D eigenvalue weighted by Crippen LogP contribution is 2.32. The third-order valence-electron chi connectivity index (χ3n) is 1.70. The Hall–Kier alpha value is -0.870. The van der Waals surface area contributed by atoms with Gasteiger partial charge in [-0.2, -0.15) is 0 Å². The summed E-state index contributed by atoms with van der Waals surface area (Å²) in [5.74, 6) is 0. The van der Waals surface area contributed by atoms with Crippen molar-refractivity contribution >= 4 is 38.8 Å². The zero-order chi connectivity index (χ0) is 10.7. The summed E-state index contributed by atoms with van der Waals surface area (Å²) in [5.41, 5.74) is 0.986. The predicted octanol–water partition coefficient (Wildman–Crippen LogP) is 3.66. The first-order valence-electron chi connectivity index (χ1n) is 3.75. The van der Waals surface area contributed by atoms with E-state index in [2.05, 4.69) is 22.5 Å². The molecule has 1 aromatic rings. The number of nitro benzene ring substituents is 1. The molecule has 0 spiro atoms. The molecule has 0 radical (unpaired) electrons. The first-order valence-corrected chi connectivity index (χ1v) is 5.25. The second-order valence-corrected chi connectivity index (χ2v) is 3.60. The van der Waals surface area contributed by atoms with Crippen LogP contribution in [0.15, 0.2) is 24.8 Å². The Kier molecular flexibility index (Phi) is 3.66. The van der Waals surface area contributed by atoms with Gasteiger partial charge >= 0.3 is 0 Å². The van der Waals surface area contributed by atoms with Crippen molar-refractivity contribution in [3.8, 4) is 0 Å². The summed E-state index contributed by atoms with van der Waals surface area (Å²) in [6.45, 7) is 3.71. The van der Waals surface area contributed by atoms with Gasteiger partial charge in [0.2, 0.25) is 0 Å². The predicted molar refractivity (Wildman–Crippen MR) is 60.9 cm³/mol. The van der Waals surface area contributed by atoms with Crippen LogP contribution in [-0.4, -0.2) is 10.3 Å². The molecule has 14 heavy (non-hydrogen) atoms. The van der Waals surface area contributed by atoms with E-state index >= 15 is 0 Å². The monoisotopic (exact) mass is 275 g/mol. The fourth-order valence-corrected chi connectivity index (χ4v) is 1.67. The SMILES string of the molecule is C=C(CBr)c1c(Cl)cccc1[N+](=O)[O-]. The van der Waals surface area contributed by atoms with Gasteiger partial charge in [0.1, 0.15) is 0 Å². The fourth-order valence-electron chi connectivity index (χ4n) is 1.08. The van der Waals surface area contributed by atoms with E-state index in [1.165, 1.54) is 6.07 Å². The topological polar surface area (TPSA) is 43.1 Å². The van der Waals surface area contributed by atoms with Crippen molar-refractivity contribution in [2.75, 3.05) is 5.33 Å². The van der Waals surface area contributed by atoms with Crippen LogP contribution in [0.25, 0.3) is 5.57 Å². The highest BCUT2D eigenvalue weighted by atomic mass is 79.9. The molecule has 0 saturated heterocycles. The quantitative estimate of drug-likeness (QED) is 0.480. The van der Waals surface area contributed by atoms with Crippen LogP contribution in [0.3, 0.4) is 0 Å². The number of rotatable bonds is 3. The normalized spacial score (nSPS) is 9.86. The molecule has 0 fully saturated rings. The average Bonchev–Trinajstić information content (AvgIpc) is 2.16.